The first-order valence-electron chi connectivity index (χ1n) is 11.9. The molecule has 8 heteroatoms. The highest BCUT2D eigenvalue weighted by Gasteiger charge is 2.43. The molecule has 1 aromatic heterocycles. The molecule has 1 atom stereocenters. The zero-order valence-corrected chi connectivity index (χ0v) is 21.5. The van der Waals surface area contributed by atoms with Crippen LogP contribution in [0.1, 0.15) is 44.3 Å². The number of H-pyrrole nitrogens is 1. The van der Waals surface area contributed by atoms with Gasteiger partial charge in [-0.15, -0.1) is 0 Å². The minimum absolute atomic E-state index is 0.137. The number of aromatic amines is 1. The van der Waals surface area contributed by atoms with Crippen LogP contribution in [-0.4, -0.2) is 47.4 Å². The number of hydrogen-bond donors (Lipinski definition) is 2. The van der Waals surface area contributed by atoms with E-state index in [-0.39, 0.29) is 11.7 Å². The number of fused-ring (bicyclic) bond motifs is 1. The van der Waals surface area contributed by atoms with Crippen molar-refractivity contribution in [1.82, 2.24) is 15.1 Å². The minimum Gasteiger partial charge on any atom is -0.507 e. The van der Waals surface area contributed by atoms with Crippen molar-refractivity contribution in [2.24, 2.45) is 0 Å². The second-order valence-corrected chi connectivity index (χ2v) is 9.12. The maximum atomic E-state index is 13.8. The molecule has 1 aliphatic rings. The second kappa shape index (κ2) is 9.54. The van der Waals surface area contributed by atoms with E-state index in [0.29, 0.717) is 46.3 Å². The van der Waals surface area contributed by atoms with Crippen molar-refractivity contribution >= 4 is 5.91 Å². The number of aromatic nitrogens is 2. The average Bonchev–Trinajstić information content (AvgIpc) is 3.44. The Balaban J connectivity index is 1.75. The van der Waals surface area contributed by atoms with Gasteiger partial charge in [0.25, 0.3) is 5.91 Å². The Morgan fingerprint density at radius 1 is 0.973 bits per heavy atom. The van der Waals surface area contributed by atoms with Gasteiger partial charge in [-0.1, -0.05) is 36.4 Å². The lowest BCUT2D eigenvalue weighted by Gasteiger charge is -2.27. The Kier molecular flexibility index (Phi) is 6.25. The van der Waals surface area contributed by atoms with Gasteiger partial charge in [-0.2, -0.15) is 5.10 Å². The monoisotopic (exact) mass is 499 g/mol. The average molecular weight is 500 g/mol. The van der Waals surface area contributed by atoms with Crippen LogP contribution in [0.25, 0.3) is 11.3 Å². The van der Waals surface area contributed by atoms with Gasteiger partial charge in [0.1, 0.15) is 17.1 Å². The Morgan fingerprint density at radius 3 is 2.27 bits per heavy atom. The molecule has 5 rings (SSSR count). The number of hydrogen-bond acceptors (Lipinski definition) is 6. The number of nitrogens with one attached hydrogen (secondary N) is 1. The van der Waals surface area contributed by atoms with Crippen molar-refractivity contribution in [1.29, 1.82) is 0 Å². The number of phenols is 1. The van der Waals surface area contributed by atoms with Crippen LogP contribution >= 0.6 is 0 Å². The molecule has 0 saturated carbocycles. The molecular formula is C29H29N3O5. The molecule has 2 heterocycles. The van der Waals surface area contributed by atoms with Crippen LogP contribution in [0.3, 0.4) is 0 Å². The van der Waals surface area contributed by atoms with Gasteiger partial charge < -0.3 is 24.2 Å². The van der Waals surface area contributed by atoms with E-state index in [2.05, 4.69) is 10.2 Å². The number of nitrogens with zero attached hydrogens (tertiary/aromatic N) is 2. The van der Waals surface area contributed by atoms with Crippen LogP contribution in [0.2, 0.25) is 0 Å². The molecule has 8 nitrogen and oxygen atoms in total. The van der Waals surface area contributed by atoms with E-state index >= 15 is 0 Å². The highest BCUT2D eigenvalue weighted by atomic mass is 16.5. The quantitative estimate of drug-likeness (QED) is 0.364. The minimum atomic E-state index is -0.523. The number of carbonyl (C=O) groups is 1. The standard InChI is InChI=1S/C29H29N3O5/c1-16-11-17(2)27(33)20(12-16)24-23-25(31-30-24)29(34)32(15-18-9-7-6-8-10-18)26(23)19-13-21(35-3)28(37-5)22(14-19)36-4/h6-14,26,33H,15H2,1-5H3,(H,30,31). The number of benzene rings is 3. The lowest BCUT2D eigenvalue weighted by molar-refractivity contribution is 0.0729. The molecule has 1 amide bonds. The number of amides is 1. The Hall–Kier alpha value is -4.46. The van der Waals surface area contributed by atoms with Crippen LogP contribution in [0.15, 0.2) is 54.6 Å². The Labute approximate surface area is 215 Å². The van der Waals surface area contributed by atoms with Gasteiger partial charge in [0, 0.05) is 17.7 Å². The summed E-state index contributed by atoms with van der Waals surface area (Å²) in [6, 6.07) is 16.8. The van der Waals surface area contributed by atoms with Gasteiger partial charge in [0.15, 0.2) is 11.5 Å². The fourth-order valence-corrected chi connectivity index (χ4v) is 5.09. The van der Waals surface area contributed by atoms with Crippen LogP contribution in [0, 0.1) is 13.8 Å². The summed E-state index contributed by atoms with van der Waals surface area (Å²) in [5, 5.41) is 18.4. The SMILES string of the molecule is COc1cc(C2c3c(-c4cc(C)cc(C)c4O)n[nH]c3C(=O)N2Cc2ccccc2)cc(OC)c1OC. The van der Waals surface area contributed by atoms with Crippen LogP contribution < -0.4 is 14.2 Å². The molecule has 37 heavy (non-hydrogen) atoms. The topological polar surface area (TPSA) is 96.9 Å². The molecule has 4 aromatic rings. The lowest BCUT2D eigenvalue weighted by atomic mass is 9.93. The third kappa shape index (κ3) is 4.04. The summed E-state index contributed by atoms with van der Waals surface area (Å²) in [5.41, 5.74) is 5.66. The third-order valence-electron chi connectivity index (χ3n) is 6.76. The number of aromatic hydroxyl groups is 1. The van der Waals surface area contributed by atoms with Gasteiger partial charge in [0.2, 0.25) is 5.75 Å². The van der Waals surface area contributed by atoms with E-state index < -0.39 is 6.04 Å². The van der Waals surface area contributed by atoms with Crippen molar-refractivity contribution in [2.75, 3.05) is 21.3 Å². The summed E-state index contributed by atoms with van der Waals surface area (Å²) in [7, 11) is 4.67. The summed E-state index contributed by atoms with van der Waals surface area (Å²) >= 11 is 0. The molecule has 0 aliphatic carbocycles. The fraction of sp³-hybridized carbons (Fsp3) is 0.241. The van der Waals surface area contributed by atoms with Crippen molar-refractivity contribution in [3.8, 4) is 34.3 Å². The zero-order valence-electron chi connectivity index (χ0n) is 21.5. The molecule has 0 spiro atoms. The van der Waals surface area contributed by atoms with Crippen molar-refractivity contribution in [2.45, 2.75) is 26.4 Å². The van der Waals surface area contributed by atoms with Crippen LogP contribution in [0.5, 0.6) is 23.0 Å². The van der Waals surface area contributed by atoms with Gasteiger partial charge in [-0.05, 0) is 54.3 Å². The molecule has 0 radical (unpaired) electrons. The van der Waals surface area contributed by atoms with Crippen molar-refractivity contribution in [3.63, 3.8) is 0 Å². The number of methoxy groups -OCH3 is 3. The van der Waals surface area contributed by atoms with E-state index in [9.17, 15) is 9.90 Å². The third-order valence-corrected chi connectivity index (χ3v) is 6.76. The maximum Gasteiger partial charge on any atom is 0.273 e. The molecular weight excluding hydrogens is 470 g/mol. The molecule has 1 unspecified atom stereocenters. The molecule has 3 aromatic carbocycles. The van der Waals surface area contributed by atoms with E-state index in [1.807, 2.05) is 68.4 Å². The second-order valence-electron chi connectivity index (χ2n) is 9.12. The smallest absolute Gasteiger partial charge is 0.273 e. The van der Waals surface area contributed by atoms with Gasteiger partial charge in [-0.3, -0.25) is 9.89 Å². The van der Waals surface area contributed by atoms with E-state index in [1.165, 1.54) is 0 Å². The zero-order chi connectivity index (χ0) is 26.3. The number of phenolic OH excluding ortho intramolecular Hbond substituents is 1. The summed E-state index contributed by atoms with van der Waals surface area (Å²) in [4.78, 5) is 15.6. The van der Waals surface area contributed by atoms with Crippen molar-refractivity contribution in [3.05, 3.63) is 88.1 Å². The number of aryl methyl sites for hydroxylation is 2. The highest BCUT2D eigenvalue weighted by molar-refractivity contribution is 6.00. The van der Waals surface area contributed by atoms with Crippen molar-refractivity contribution < 1.29 is 24.1 Å². The first-order valence-corrected chi connectivity index (χ1v) is 11.9. The van der Waals surface area contributed by atoms with Crippen LogP contribution in [-0.2, 0) is 6.54 Å². The summed E-state index contributed by atoms with van der Waals surface area (Å²) in [5.74, 6) is 1.39. The molecule has 2 N–H and O–H groups in total. The predicted molar refractivity (Wildman–Crippen MR) is 139 cm³/mol. The van der Waals surface area contributed by atoms with Gasteiger partial charge in [0.05, 0.1) is 27.4 Å². The molecule has 1 aliphatic heterocycles. The summed E-state index contributed by atoms with van der Waals surface area (Å²) < 4.78 is 16.8. The van der Waals surface area contributed by atoms with Gasteiger partial charge >= 0.3 is 0 Å². The molecule has 0 fully saturated rings. The molecule has 0 bridgehead atoms. The molecule has 0 saturated heterocycles. The lowest BCUT2D eigenvalue weighted by Crippen LogP contribution is -2.29. The first kappa shape index (κ1) is 24.2. The number of rotatable bonds is 7. The Bertz CT molecular complexity index is 1450. The molecule has 190 valence electrons. The Morgan fingerprint density at radius 2 is 1.65 bits per heavy atom. The first-order chi connectivity index (χ1) is 17.9. The highest BCUT2D eigenvalue weighted by Crippen LogP contribution is 2.49. The normalized spacial score (nSPS) is 14.6. The summed E-state index contributed by atoms with van der Waals surface area (Å²) in [6.45, 7) is 4.19. The van der Waals surface area contributed by atoms with Crippen LogP contribution in [0.4, 0.5) is 0 Å². The largest absolute Gasteiger partial charge is 0.507 e. The van der Waals surface area contributed by atoms with Gasteiger partial charge in [-0.25, -0.2) is 0 Å². The van der Waals surface area contributed by atoms with E-state index in [1.54, 1.807) is 26.2 Å². The fourth-order valence-electron chi connectivity index (χ4n) is 5.09. The summed E-state index contributed by atoms with van der Waals surface area (Å²) in [6.07, 6.45) is 0. The number of ether oxygens (including phenoxy) is 3. The van der Waals surface area contributed by atoms with E-state index in [4.69, 9.17) is 14.2 Å². The number of carbonyl (C=O) groups excluding carboxylic acids is 1. The predicted octanol–water partition coefficient (Wildman–Crippen LogP) is 5.17. The maximum absolute atomic E-state index is 13.8. The van der Waals surface area contributed by atoms with E-state index in [0.717, 1.165) is 22.3 Å².